The van der Waals surface area contributed by atoms with Crippen LogP contribution in [-0.2, 0) is 0 Å². The molecule has 10 heteroatoms. The van der Waals surface area contributed by atoms with Crippen LogP contribution in [-0.4, -0.2) is 39.5 Å². The zero-order valence-electron chi connectivity index (χ0n) is 15.0. The molecule has 3 rings (SSSR count). The second kappa shape index (κ2) is 8.54. The topological polar surface area (TPSA) is 131 Å². The number of carbonyl (C=O) groups excluding carboxylic acids is 1. The number of methoxy groups -OCH3 is 1. The van der Waals surface area contributed by atoms with E-state index in [4.69, 9.17) is 9.47 Å². The van der Waals surface area contributed by atoms with E-state index in [1.54, 1.807) is 43.5 Å². The number of aromatic nitrogens is 4. The molecule has 0 fully saturated rings. The Hall–Kier alpha value is -4.08. The molecule has 2 N–H and O–H groups in total. The van der Waals surface area contributed by atoms with Gasteiger partial charge in [0.05, 0.1) is 18.9 Å². The number of hydrazone groups is 1. The van der Waals surface area contributed by atoms with Crippen LogP contribution in [0.5, 0.6) is 11.5 Å². The number of pyridine rings is 1. The molecule has 0 bridgehead atoms. The fourth-order valence-corrected chi connectivity index (χ4v) is 2.10. The number of benzene rings is 1. The zero-order chi connectivity index (χ0) is 19.9. The Labute approximate surface area is 159 Å². The van der Waals surface area contributed by atoms with E-state index >= 15 is 0 Å². The minimum Gasteiger partial charge on any atom is -0.493 e. The van der Waals surface area contributed by atoms with Crippen LogP contribution in [0.4, 0.5) is 5.95 Å². The molecular formula is C18H16N6O4. The summed E-state index contributed by atoms with van der Waals surface area (Å²) in [4.78, 5) is 30.0. The second-order valence-corrected chi connectivity index (χ2v) is 5.50. The molecule has 2 aromatic heterocycles. The highest BCUT2D eigenvalue weighted by atomic mass is 16.6. The van der Waals surface area contributed by atoms with Gasteiger partial charge in [-0.25, -0.2) is 10.2 Å². The van der Waals surface area contributed by atoms with Crippen LogP contribution in [0.15, 0.2) is 52.6 Å². The summed E-state index contributed by atoms with van der Waals surface area (Å²) in [6.07, 6.45) is 4.46. The van der Waals surface area contributed by atoms with E-state index in [1.807, 2.05) is 0 Å². The molecule has 1 aromatic carbocycles. The molecule has 0 saturated carbocycles. The summed E-state index contributed by atoms with van der Waals surface area (Å²) < 4.78 is 10.6. The first-order valence-corrected chi connectivity index (χ1v) is 8.10. The second-order valence-electron chi connectivity index (χ2n) is 5.50. The van der Waals surface area contributed by atoms with Gasteiger partial charge in [-0.2, -0.15) is 5.10 Å². The van der Waals surface area contributed by atoms with Crippen molar-refractivity contribution in [1.29, 1.82) is 0 Å². The summed E-state index contributed by atoms with van der Waals surface area (Å²) in [7, 11) is 1.46. The van der Waals surface area contributed by atoms with Crippen LogP contribution in [0, 0.1) is 6.92 Å². The summed E-state index contributed by atoms with van der Waals surface area (Å²) in [5.74, 6) is 0.178. The summed E-state index contributed by atoms with van der Waals surface area (Å²) in [5.41, 5.74) is 3.47. The number of aryl methyl sites for hydroxylation is 1. The normalized spacial score (nSPS) is 10.6. The van der Waals surface area contributed by atoms with Crippen LogP contribution in [0.1, 0.15) is 21.6 Å². The number of anilines is 1. The monoisotopic (exact) mass is 380 g/mol. The van der Waals surface area contributed by atoms with E-state index in [9.17, 15) is 9.59 Å². The quantitative estimate of drug-likeness (QED) is 0.285. The molecule has 0 radical (unpaired) electrons. The number of ether oxygens (including phenoxy) is 2. The maximum Gasteiger partial charge on any atom is 0.345 e. The third-order valence-electron chi connectivity index (χ3n) is 3.53. The van der Waals surface area contributed by atoms with Gasteiger partial charge in [0, 0.05) is 12.4 Å². The van der Waals surface area contributed by atoms with Crippen molar-refractivity contribution in [3.63, 3.8) is 0 Å². The van der Waals surface area contributed by atoms with Gasteiger partial charge >= 0.3 is 5.97 Å². The molecule has 0 aliphatic heterocycles. The van der Waals surface area contributed by atoms with Gasteiger partial charge in [-0.15, -0.1) is 10.2 Å². The Morgan fingerprint density at radius 2 is 2.11 bits per heavy atom. The minimum atomic E-state index is -0.545. The van der Waals surface area contributed by atoms with Crippen LogP contribution < -0.4 is 20.5 Å². The maximum absolute atomic E-state index is 12.2. The van der Waals surface area contributed by atoms with Crippen molar-refractivity contribution in [2.45, 2.75) is 6.92 Å². The Kier molecular flexibility index (Phi) is 5.70. The Morgan fingerprint density at radius 3 is 2.82 bits per heavy atom. The average molecular weight is 380 g/mol. The molecule has 2 heterocycles. The SMILES string of the molecule is COc1cc(/C=N/Nc2nnc(C)c(=O)[nH]2)ccc1OC(=O)c1cccnc1. The summed E-state index contributed by atoms with van der Waals surface area (Å²) in [6.45, 7) is 1.55. The lowest BCUT2D eigenvalue weighted by atomic mass is 10.2. The van der Waals surface area contributed by atoms with Gasteiger partial charge in [0.15, 0.2) is 11.5 Å². The standard InChI is InChI=1S/C18H16N6O4/c1-11-16(25)21-18(24-22-11)23-20-9-12-5-6-14(15(8-12)27-2)28-17(26)13-4-3-7-19-10-13/h3-10H,1-2H3,(H2,21,23,24,25)/b20-9+. The molecule has 3 aromatic rings. The average Bonchev–Trinajstić information content (AvgIpc) is 2.72. The molecule has 0 saturated heterocycles. The highest BCUT2D eigenvalue weighted by Crippen LogP contribution is 2.28. The number of hydrogen-bond donors (Lipinski definition) is 2. The fraction of sp³-hybridized carbons (Fsp3) is 0.111. The van der Waals surface area contributed by atoms with Crippen molar-refractivity contribution in [2.75, 3.05) is 12.5 Å². The van der Waals surface area contributed by atoms with Crippen LogP contribution in [0.2, 0.25) is 0 Å². The Morgan fingerprint density at radius 1 is 1.25 bits per heavy atom. The third-order valence-corrected chi connectivity index (χ3v) is 3.53. The number of H-pyrrole nitrogens is 1. The lowest BCUT2D eigenvalue weighted by Gasteiger charge is -2.09. The van der Waals surface area contributed by atoms with E-state index in [1.165, 1.54) is 19.5 Å². The van der Waals surface area contributed by atoms with Crippen molar-refractivity contribution >= 4 is 18.1 Å². The number of nitrogens with one attached hydrogen (secondary N) is 2. The first kappa shape index (κ1) is 18.7. The molecule has 0 spiro atoms. The van der Waals surface area contributed by atoms with Gasteiger partial charge < -0.3 is 9.47 Å². The van der Waals surface area contributed by atoms with Gasteiger partial charge in [-0.1, -0.05) is 0 Å². The predicted octanol–water partition coefficient (Wildman–Crippen LogP) is 1.54. The highest BCUT2D eigenvalue weighted by molar-refractivity contribution is 5.91. The number of nitrogens with zero attached hydrogens (tertiary/aromatic N) is 4. The van der Waals surface area contributed by atoms with Crippen molar-refractivity contribution in [3.05, 3.63) is 69.9 Å². The van der Waals surface area contributed by atoms with Gasteiger partial charge in [0.2, 0.25) is 5.95 Å². The Bertz CT molecular complexity index is 1070. The van der Waals surface area contributed by atoms with Gasteiger partial charge in [-0.05, 0) is 42.8 Å². The van der Waals surface area contributed by atoms with E-state index in [2.05, 4.69) is 30.7 Å². The molecule has 0 amide bonds. The Balaban J connectivity index is 1.71. The van der Waals surface area contributed by atoms with Crippen molar-refractivity contribution < 1.29 is 14.3 Å². The van der Waals surface area contributed by atoms with Crippen LogP contribution in [0.3, 0.4) is 0 Å². The van der Waals surface area contributed by atoms with Crippen molar-refractivity contribution in [1.82, 2.24) is 20.2 Å². The molecule has 0 aliphatic carbocycles. The number of rotatable bonds is 6. The van der Waals surface area contributed by atoms with E-state index in [-0.39, 0.29) is 23.0 Å². The molecule has 142 valence electrons. The number of aromatic amines is 1. The van der Waals surface area contributed by atoms with Crippen LogP contribution >= 0.6 is 0 Å². The third kappa shape index (κ3) is 4.55. The smallest absolute Gasteiger partial charge is 0.345 e. The van der Waals surface area contributed by atoms with Crippen molar-refractivity contribution in [2.24, 2.45) is 5.10 Å². The minimum absolute atomic E-state index is 0.112. The molecule has 0 atom stereocenters. The molecule has 0 aliphatic rings. The van der Waals surface area contributed by atoms with E-state index in [0.29, 0.717) is 16.9 Å². The van der Waals surface area contributed by atoms with E-state index < -0.39 is 5.97 Å². The lowest BCUT2D eigenvalue weighted by molar-refractivity contribution is 0.0729. The first-order chi connectivity index (χ1) is 13.6. The van der Waals surface area contributed by atoms with Gasteiger partial charge in [-0.3, -0.25) is 14.8 Å². The van der Waals surface area contributed by atoms with E-state index in [0.717, 1.165) is 0 Å². The summed E-state index contributed by atoms with van der Waals surface area (Å²) in [6, 6.07) is 8.16. The molecular weight excluding hydrogens is 364 g/mol. The van der Waals surface area contributed by atoms with Gasteiger partial charge in [0.25, 0.3) is 5.56 Å². The molecule has 10 nitrogen and oxygen atoms in total. The van der Waals surface area contributed by atoms with Crippen molar-refractivity contribution in [3.8, 4) is 11.5 Å². The largest absolute Gasteiger partial charge is 0.493 e. The predicted molar refractivity (Wildman–Crippen MR) is 101 cm³/mol. The van der Waals surface area contributed by atoms with Gasteiger partial charge in [0.1, 0.15) is 5.69 Å². The summed E-state index contributed by atoms with van der Waals surface area (Å²) >= 11 is 0. The first-order valence-electron chi connectivity index (χ1n) is 8.10. The highest BCUT2D eigenvalue weighted by Gasteiger charge is 2.12. The van der Waals surface area contributed by atoms with Crippen LogP contribution in [0.25, 0.3) is 0 Å². The lowest BCUT2D eigenvalue weighted by Crippen LogP contribution is -2.15. The molecule has 28 heavy (non-hydrogen) atoms. The number of hydrogen-bond acceptors (Lipinski definition) is 9. The zero-order valence-corrected chi connectivity index (χ0v) is 15.0. The maximum atomic E-state index is 12.2. The molecule has 0 unspecified atom stereocenters. The summed E-state index contributed by atoms with van der Waals surface area (Å²) in [5, 5.41) is 11.4. The fourth-order valence-electron chi connectivity index (χ4n) is 2.10. The number of esters is 1. The number of carbonyl (C=O) groups is 1.